The number of rotatable bonds is 8. The molecule has 1 heterocycles. The van der Waals surface area contributed by atoms with Crippen LogP contribution in [-0.2, 0) is 11.2 Å². The molecule has 0 bridgehead atoms. The average molecular weight is 329 g/mol. The van der Waals surface area contributed by atoms with Crippen LogP contribution in [0.25, 0.3) is 0 Å². The van der Waals surface area contributed by atoms with E-state index in [2.05, 4.69) is 60.8 Å². The Bertz CT molecular complexity index is 647. The summed E-state index contributed by atoms with van der Waals surface area (Å²) < 4.78 is 4.92. The number of carbonyl (C=O) groups excluding carboxylic acids is 1. The fourth-order valence-electron chi connectivity index (χ4n) is 2.56. The summed E-state index contributed by atoms with van der Waals surface area (Å²) in [7, 11) is 0. The largest absolute Gasteiger partial charge is 0.360 e. The van der Waals surface area contributed by atoms with E-state index in [9.17, 15) is 4.79 Å². The normalized spacial score (nSPS) is 12.4. The standard InChI is InChI=1S/C19H27N3O2/c1-13(2)11-16-5-7-17(8-6-16)15(4)20-10-9-19(23)21-18-12-14(3)24-22-18/h5-8,12-13,15,20H,9-11H2,1-4H3,(H,21,22,23). The highest BCUT2D eigenvalue weighted by molar-refractivity contribution is 5.89. The molecule has 1 amide bonds. The lowest BCUT2D eigenvalue weighted by molar-refractivity contribution is -0.116. The van der Waals surface area contributed by atoms with Crippen molar-refractivity contribution in [3.8, 4) is 0 Å². The van der Waals surface area contributed by atoms with Gasteiger partial charge in [0.1, 0.15) is 5.76 Å². The van der Waals surface area contributed by atoms with E-state index >= 15 is 0 Å². The van der Waals surface area contributed by atoms with Gasteiger partial charge < -0.3 is 15.2 Å². The van der Waals surface area contributed by atoms with Crippen molar-refractivity contribution in [3.63, 3.8) is 0 Å². The molecule has 5 nitrogen and oxygen atoms in total. The van der Waals surface area contributed by atoms with Gasteiger partial charge in [0, 0.05) is 25.1 Å². The fraction of sp³-hybridized carbons (Fsp3) is 0.474. The third-order valence-corrected chi connectivity index (χ3v) is 3.82. The molecular formula is C19H27N3O2. The highest BCUT2D eigenvalue weighted by atomic mass is 16.5. The Balaban J connectivity index is 1.74. The molecule has 1 aromatic carbocycles. The van der Waals surface area contributed by atoms with Crippen molar-refractivity contribution in [1.29, 1.82) is 0 Å². The van der Waals surface area contributed by atoms with Gasteiger partial charge in [0.15, 0.2) is 5.82 Å². The monoisotopic (exact) mass is 329 g/mol. The molecule has 0 aliphatic heterocycles. The predicted octanol–water partition coefficient (Wildman–Crippen LogP) is 3.86. The zero-order chi connectivity index (χ0) is 17.5. The molecule has 5 heteroatoms. The molecule has 24 heavy (non-hydrogen) atoms. The Morgan fingerprint density at radius 3 is 2.50 bits per heavy atom. The highest BCUT2D eigenvalue weighted by Crippen LogP contribution is 2.15. The molecule has 0 fully saturated rings. The molecule has 0 aliphatic rings. The van der Waals surface area contributed by atoms with Gasteiger partial charge in [0.05, 0.1) is 0 Å². The van der Waals surface area contributed by atoms with E-state index in [-0.39, 0.29) is 11.9 Å². The SMILES string of the molecule is Cc1cc(NC(=O)CCNC(C)c2ccc(CC(C)C)cc2)no1. The second-order valence-electron chi connectivity index (χ2n) is 6.64. The van der Waals surface area contributed by atoms with Crippen LogP contribution in [0.5, 0.6) is 0 Å². The van der Waals surface area contributed by atoms with Gasteiger partial charge >= 0.3 is 0 Å². The number of benzene rings is 1. The molecule has 0 saturated heterocycles. The molecule has 2 N–H and O–H groups in total. The molecule has 0 radical (unpaired) electrons. The van der Waals surface area contributed by atoms with E-state index in [0.29, 0.717) is 30.5 Å². The quantitative estimate of drug-likeness (QED) is 0.772. The zero-order valence-corrected chi connectivity index (χ0v) is 14.9. The molecule has 0 spiro atoms. The van der Waals surface area contributed by atoms with Gasteiger partial charge in [-0.25, -0.2) is 0 Å². The number of hydrogen-bond acceptors (Lipinski definition) is 4. The Hall–Kier alpha value is -2.14. The van der Waals surface area contributed by atoms with Crippen molar-refractivity contribution in [2.24, 2.45) is 5.92 Å². The molecule has 130 valence electrons. The molecule has 1 atom stereocenters. The third kappa shape index (κ3) is 5.81. The molecule has 1 unspecified atom stereocenters. The number of nitrogens with zero attached hydrogens (tertiary/aromatic N) is 1. The van der Waals surface area contributed by atoms with Crippen molar-refractivity contribution >= 4 is 11.7 Å². The Kier molecular flexibility index (Phi) is 6.55. The smallest absolute Gasteiger partial charge is 0.226 e. The van der Waals surface area contributed by atoms with E-state index in [0.717, 1.165) is 6.42 Å². The van der Waals surface area contributed by atoms with Crippen molar-refractivity contribution in [2.75, 3.05) is 11.9 Å². The summed E-state index contributed by atoms with van der Waals surface area (Å²) in [6.07, 6.45) is 1.49. The van der Waals surface area contributed by atoms with Crippen LogP contribution >= 0.6 is 0 Å². The Morgan fingerprint density at radius 1 is 1.21 bits per heavy atom. The number of nitrogens with one attached hydrogen (secondary N) is 2. The molecule has 0 aliphatic carbocycles. The number of aryl methyl sites for hydroxylation is 1. The first kappa shape index (κ1) is 18.2. The molecule has 1 aromatic heterocycles. The lowest BCUT2D eigenvalue weighted by Gasteiger charge is -2.15. The third-order valence-electron chi connectivity index (χ3n) is 3.82. The predicted molar refractivity (Wildman–Crippen MR) is 95.9 cm³/mol. The van der Waals surface area contributed by atoms with E-state index in [1.807, 2.05) is 0 Å². The number of aromatic nitrogens is 1. The van der Waals surface area contributed by atoms with Crippen LogP contribution in [0.2, 0.25) is 0 Å². The second kappa shape index (κ2) is 8.64. The van der Waals surface area contributed by atoms with Crippen LogP contribution in [0.3, 0.4) is 0 Å². The van der Waals surface area contributed by atoms with Crippen LogP contribution in [-0.4, -0.2) is 17.6 Å². The van der Waals surface area contributed by atoms with Crippen molar-refractivity contribution < 1.29 is 9.32 Å². The second-order valence-corrected chi connectivity index (χ2v) is 6.64. The lowest BCUT2D eigenvalue weighted by Crippen LogP contribution is -2.24. The minimum absolute atomic E-state index is 0.0738. The first-order valence-corrected chi connectivity index (χ1v) is 8.49. The van der Waals surface area contributed by atoms with Gasteiger partial charge in [-0.3, -0.25) is 4.79 Å². The van der Waals surface area contributed by atoms with Crippen LogP contribution < -0.4 is 10.6 Å². The van der Waals surface area contributed by atoms with Crippen molar-refractivity contribution in [1.82, 2.24) is 10.5 Å². The summed E-state index contributed by atoms with van der Waals surface area (Å²) in [5.74, 6) is 1.73. The number of anilines is 1. The van der Waals surface area contributed by atoms with Crippen molar-refractivity contribution in [2.45, 2.75) is 46.6 Å². The van der Waals surface area contributed by atoms with Crippen LogP contribution in [0.15, 0.2) is 34.9 Å². The van der Waals surface area contributed by atoms with Gasteiger partial charge in [-0.15, -0.1) is 0 Å². The molecule has 2 aromatic rings. The van der Waals surface area contributed by atoms with E-state index in [1.165, 1.54) is 11.1 Å². The first-order valence-electron chi connectivity index (χ1n) is 8.49. The summed E-state index contributed by atoms with van der Waals surface area (Å²) in [5.41, 5.74) is 2.60. The maximum atomic E-state index is 11.9. The van der Waals surface area contributed by atoms with Gasteiger partial charge in [-0.2, -0.15) is 0 Å². The topological polar surface area (TPSA) is 67.2 Å². The summed E-state index contributed by atoms with van der Waals surface area (Å²) in [6, 6.07) is 10.6. The van der Waals surface area contributed by atoms with E-state index < -0.39 is 0 Å². The molecular weight excluding hydrogens is 302 g/mol. The van der Waals surface area contributed by atoms with Crippen molar-refractivity contribution in [3.05, 3.63) is 47.2 Å². The van der Waals surface area contributed by atoms with Gasteiger partial charge in [-0.1, -0.05) is 43.3 Å². The number of hydrogen-bond donors (Lipinski definition) is 2. The molecule has 0 saturated carbocycles. The van der Waals surface area contributed by atoms with Crippen LogP contribution in [0, 0.1) is 12.8 Å². The van der Waals surface area contributed by atoms with Gasteiger partial charge in [0.2, 0.25) is 5.91 Å². The maximum Gasteiger partial charge on any atom is 0.226 e. The Labute approximate surface area is 143 Å². The maximum absolute atomic E-state index is 11.9. The van der Waals surface area contributed by atoms with Crippen LogP contribution in [0.1, 0.15) is 50.1 Å². The van der Waals surface area contributed by atoms with Gasteiger partial charge in [-0.05, 0) is 37.3 Å². The van der Waals surface area contributed by atoms with E-state index in [1.54, 1.807) is 13.0 Å². The lowest BCUT2D eigenvalue weighted by atomic mass is 10.00. The molecule has 2 rings (SSSR count). The first-order chi connectivity index (χ1) is 11.4. The van der Waals surface area contributed by atoms with E-state index in [4.69, 9.17) is 4.52 Å². The van der Waals surface area contributed by atoms with Crippen LogP contribution in [0.4, 0.5) is 5.82 Å². The minimum Gasteiger partial charge on any atom is -0.360 e. The zero-order valence-electron chi connectivity index (χ0n) is 14.9. The summed E-state index contributed by atoms with van der Waals surface area (Å²) >= 11 is 0. The summed E-state index contributed by atoms with van der Waals surface area (Å²) in [4.78, 5) is 11.9. The summed E-state index contributed by atoms with van der Waals surface area (Å²) in [6.45, 7) is 8.96. The fourth-order valence-corrected chi connectivity index (χ4v) is 2.56. The Morgan fingerprint density at radius 2 is 1.92 bits per heavy atom. The summed E-state index contributed by atoms with van der Waals surface area (Å²) in [5, 5.41) is 9.84. The minimum atomic E-state index is -0.0738. The number of carbonyl (C=O) groups is 1. The van der Waals surface area contributed by atoms with Gasteiger partial charge in [0.25, 0.3) is 0 Å². The average Bonchev–Trinajstić information content (AvgIpc) is 2.92. The number of amides is 1. The highest BCUT2D eigenvalue weighted by Gasteiger charge is 2.09.